The average Bonchev–Trinajstić information content (AvgIpc) is 2.41. The molecule has 5 nitrogen and oxygen atoms in total. The molecule has 1 aliphatic heterocycles. The van der Waals surface area contributed by atoms with E-state index >= 15 is 0 Å². The predicted octanol–water partition coefficient (Wildman–Crippen LogP) is 1.43. The summed E-state index contributed by atoms with van der Waals surface area (Å²) in [5, 5.41) is 3.16. The second-order valence-electron chi connectivity index (χ2n) is 5.40. The van der Waals surface area contributed by atoms with E-state index in [0.29, 0.717) is 6.04 Å². The molecule has 106 valence electrons. The van der Waals surface area contributed by atoms with E-state index < -0.39 is 0 Å². The minimum absolute atomic E-state index is 0.633. The molecule has 1 unspecified atom stereocenters. The van der Waals surface area contributed by atoms with Gasteiger partial charge in [-0.25, -0.2) is 4.98 Å². The molecule has 0 amide bonds. The van der Waals surface area contributed by atoms with Gasteiger partial charge in [0.1, 0.15) is 5.82 Å². The Hall–Kier alpha value is -1.20. The maximum Gasteiger partial charge on any atom is 0.144 e. The third-order valence-electron chi connectivity index (χ3n) is 3.70. The first kappa shape index (κ1) is 14.2. The Kier molecular flexibility index (Phi) is 5.10. The zero-order chi connectivity index (χ0) is 13.7. The van der Waals surface area contributed by atoms with Crippen molar-refractivity contribution in [3.8, 4) is 0 Å². The summed E-state index contributed by atoms with van der Waals surface area (Å²) in [5.41, 5.74) is 1.04. The SMILES string of the molecule is CCNc1cnc(CN(C)C2CCCN(C)C2)cn1. The van der Waals surface area contributed by atoms with Crippen LogP contribution in [0.1, 0.15) is 25.5 Å². The third-order valence-corrected chi connectivity index (χ3v) is 3.70. The van der Waals surface area contributed by atoms with Gasteiger partial charge in [0.15, 0.2) is 0 Å². The van der Waals surface area contributed by atoms with Crippen molar-refractivity contribution in [1.29, 1.82) is 0 Å². The molecule has 0 spiro atoms. The number of nitrogens with one attached hydrogen (secondary N) is 1. The van der Waals surface area contributed by atoms with Gasteiger partial charge < -0.3 is 10.2 Å². The van der Waals surface area contributed by atoms with Crippen molar-refractivity contribution >= 4 is 5.82 Å². The lowest BCUT2D eigenvalue weighted by Gasteiger charge is -2.35. The van der Waals surface area contributed by atoms with Crippen LogP contribution in [0.3, 0.4) is 0 Å². The highest BCUT2D eigenvalue weighted by molar-refractivity contribution is 5.30. The van der Waals surface area contributed by atoms with E-state index in [2.05, 4.69) is 46.1 Å². The number of nitrogens with zero attached hydrogens (tertiary/aromatic N) is 4. The first-order valence-corrected chi connectivity index (χ1v) is 7.12. The molecule has 2 heterocycles. The fourth-order valence-electron chi connectivity index (χ4n) is 2.59. The largest absolute Gasteiger partial charge is 0.369 e. The standard InChI is InChI=1S/C14H25N5/c1-4-15-14-9-16-12(8-17-14)10-19(3)13-6-5-7-18(2)11-13/h8-9,13H,4-7,10-11H2,1-3H3,(H,15,17). The minimum atomic E-state index is 0.633. The molecule has 0 radical (unpaired) electrons. The normalized spacial score (nSPS) is 20.7. The summed E-state index contributed by atoms with van der Waals surface area (Å²) in [6.07, 6.45) is 6.26. The molecule has 1 fully saturated rings. The van der Waals surface area contributed by atoms with Crippen LogP contribution < -0.4 is 5.32 Å². The number of likely N-dealkylation sites (N-methyl/N-ethyl adjacent to an activating group) is 2. The van der Waals surface area contributed by atoms with Crippen LogP contribution in [0.15, 0.2) is 12.4 Å². The Morgan fingerprint density at radius 2 is 2.26 bits per heavy atom. The second-order valence-corrected chi connectivity index (χ2v) is 5.40. The number of rotatable bonds is 5. The molecular weight excluding hydrogens is 238 g/mol. The number of piperidine rings is 1. The summed E-state index contributed by atoms with van der Waals surface area (Å²) in [5.74, 6) is 0.853. The molecule has 1 aromatic rings. The average molecular weight is 263 g/mol. The number of anilines is 1. The van der Waals surface area contributed by atoms with E-state index in [0.717, 1.165) is 31.1 Å². The second kappa shape index (κ2) is 6.82. The Balaban J connectivity index is 1.88. The van der Waals surface area contributed by atoms with Crippen molar-refractivity contribution in [2.24, 2.45) is 0 Å². The number of likely N-dealkylation sites (tertiary alicyclic amines) is 1. The Bertz CT molecular complexity index is 378. The highest BCUT2D eigenvalue weighted by Gasteiger charge is 2.21. The highest BCUT2D eigenvalue weighted by Crippen LogP contribution is 2.15. The van der Waals surface area contributed by atoms with Crippen LogP contribution in [0.2, 0.25) is 0 Å². The maximum atomic E-state index is 4.47. The summed E-state index contributed by atoms with van der Waals surface area (Å²) in [4.78, 5) is 13.6. The molecule has 1 atom stereocenters. The van der Waals surface area contributed by atoms with Crippen molar-refractivity contribution in [2.75, 3.05) is 39.0 Å². The van der Waals surface area contributed by atoms with Crippen molar-refractivity contribution in [1.82, 2.24) is 19.8 Å². The van der Waals surface area contributed by atoms with Gasteiger partial charge in [0, 0.05) is 25.7 Å². The predicted molar refractivity (Wildman–Crippen MR) is 78.2 cm³/mol. The van der Waals surface area contributed by atoms with Crippen LogP contribution >= 0.6 is 0 Å². The van der Waals surface area contributed by atoms with E-state index in [1.165, 1.54) is 19.4 Å². The maximum absolute atomic E-state index is 4.47. The van der Waals surface area contributed by atoms with Crippen molar-refractivity contribution < 1.29 is 0 Å². The summed E-state index contributed by atoms with van der Waals surface area (Å²) in [7, 11) is 4.38. The number of hydrogen-bond donors (Lipinski definition) is 1. The molecule has 1 aromatic heterocycles. The topological polar surface area (TPSA) is 44.3 Å². The van der Waals surface area contributed by atoms with E-state index in [1.807, 2.05) is 12.4 Å². The molecule has 1 N–H and O–H groups in total. The fraction of sp³-hybridized carbons (Fsp3) is 0.714. The van der Waals surface area contributed by atoms with Crippen LogP contribution in [0.25, 0.3) is 0 Å². The van der Waals surface area contributed by atoms with E-state index in [-0.39, 0.29) is 0 Å². The van der Waals surface area contributed by atoms with E-state index in [1.54, 1.807) is 0 Å². The van der Waals surface area contributed by atoms with Gasteiger partial charge in [-0.1, -0.05) is 0 Å². The van der Waals surface area contributed by atoms with Gasteiger partial charge in [0.05, 0.1) is 18.1 Å². The Morgan fingerprint density at radius 3 is 2.89 bits per heavy atom. The molecule has 5 heteroatoms. The van der Waals surface area contributed by atoms with Gasteiger partial charge in [-0.2, -0.15) is 0 Å². The molecule has 0 bridgehead atoms. The first-order chi connectivity index (χ1) is 9.19. The van der Waals surface area contributed by atoms with Gasteiger partial charge >= 0.3 is 0 Å². The summed E-state index contributed by atoms with van der Waals surface area (Å²) >= 11 is 0. The lowest BCUT2D eigenvalue weighted by atomic mass is 10.1. The van der Waals surface area contributed by atoms with E-state index in [9.17, 15) is 0 Å². The summed E-state index contributed by atoms with van der Waals surface area (Å²) in [6.45, 7) is 6.18. The molecule has 19 heavy (non-hydrogen) atoms. The number of aromatic nitrogens is 2. The zero-order valence-electron chi connectivity index (χ0n) is 12.3. The first-order valence-electron chi connectivity index (χ1n) is 7.12. The fourth-order valence-corrected chi connectivity index (χ4v) is 2.59. The third kappa shape index (κ3) is 4.14. The number of hydrogen-bond acceptors (Lipinski definition) is 5. The molecule has 1 aliphatic rings. The Morgan fingerprint density at radius 1 is 1.42 bits per heavy atom. The van der Waals surface area contributed by atoms with E-state index in [4.69, 9.17) is 0 Å². The van der Waals surface area contributed by atoms with Gasteiger partial charge in [0.25, 0.3) is 0 Å². The van der Waals surface area contributed by atoms with Gasteiger partial charge in [-0.05, 0) is 40.4 Å². The van der Waals surface area contributed by atoms with Gasteiger partial charge in [-0.15, -0.1) is 0 Å². The van der Waals surface area contributed by atoms with Crippen molar-refractivity contribution in [3.05, 3.63) is 18.1 Å². The summed E-state index contributed by atoms with van der Waals surface area (Å²) < 4.78 is 0. The molecule has 1 saturated heterocycles. The van der Waals surface area contributed by atoms with Crippen LogP contribution in [0.5, 0.6) is 0 Å². The lowest BCUT2D eigenvalue weighted by molar-refractivity contribution is 0.128. The van der Waals surface area contributed by atoms with Gasteiger partial charge in [-0.3, -0.25) is 9.88 Å². The smallest absolute Gasteiger partial charge is 0.144 e. The summed E-state index contributed by atoms with van der Waals surface area (Å²) in [6, 6.07) is 0.633. The van der Waals surface area contributed by atoms with Crippen molar-refractivity contribution in [2.45, 2.75) is 32.4 Å². The van der Waals surface area contributed by atoms with Crippen LogP contribution in [-0.4, -0.2) is 59.5 Å². The quantitative estimate of drug-likeness (QED) is 0.871. The molecule has 0 aliphatic carbocycles. The molecule has 2 rings (SSSR count). The monoisotopic (exact) mass is 263 g/mol. The van der Waals surface area contributed by atoms with Gasteiger partial charge in [0.2, 0.25) is 0 Å². The molecular formula is C14H25N5. The molecule has 0 saturated carbocycles. The minimum Gasteiger partial charge on any atom is -0.369 e. The van der Waals surface area contributed by atoms with Crippen LogP contribution in [-0.2, 0) is 6.54 Å². The molecule has 0 aromatic carbocycles. The Labute approximate surface area is 116 Å². The highest BCUT2D eigenvalue weighted by atomic mass is 15.2. The van der Waals surface area contributed by atoms with Crippen molar-refractivity contribution in [3.63, 3.8) is 0 Å². The van der Waals surface area contributed by atoms with Crippen LogP contribution in [0, 0.1) is 0 Å². The van der Waals surface area contributed by atoms with Crippen LogP contribution in [0.4, 0.5) is 5.82 Å². The lowest BCUT2D eigenvalue weighted by Crippen LogP contribution is -2.44. The zero-order valence-corrected chi connectivity index (χ0v) is 12.3.